The number of carbonyl (C=O) groups excluding carboxylic acids is 1. The number of ether oxygens (including phenoxy) is 2. The third-order valence-electron chi connectivity index (χ3n) is 3.40. The summed E-state index contributed by atoms with van der Waals surface area (Å²) in [7, 11) is -0.467. The van der Waals surface area contributed by atoms with E-state index >= 15 is 0 Å². The second-order valence-corrected chi connectivity index (χ2v) is 6.80. The number of amides is 1. The number of nitrogens with zero attached hydrogens (tertiary/aromatic N) is 1. The molecular formula is C14H20N2O5S. The summed E-state index contributed by atoms with van der Waals surface area (Å²) in [6.07, 6.45) is 0.00629. The lowest BCUT2D eigenvalue weighted by molar-refractivity contribution is -0.125. The zero-order valence-corrected chi connectivity index (χ0v) is 13.6. The van der Waals surface area contributed by atoms with Crippen LogP contribution >= 0.6 is 0 Å². The molecule has 8 heteroatoms. The van der Waals surface area contributed by atoms with Gasteiger partial charge in [0.15, 0.2) is 6.10 Å². The second-order valence-electron chi connectivity index (χ2n) is 5.03. The predicted octanol–water partition coefficient (Wildman–Crippen LogP) is 0.745. The normalized spacial score (nSPS) is 18.0. The molecule has 0 fully saturated rings. The molecule has 0 saturated carbocycles. The van der Waals surface area contributed by atoms with Crippen LogP contribution in [0.2, 0.25) is 0 Å². The van der Waals surface area contributed by atoms with E-state index in [0.29, 0.717) is 24.5 Å². The summed E-state index contributed by atoms with van der Waals surface area (Å²) in [5.41, 5.74) is 0.447. The lowest BCUT2D eigenvalue weighted by Gasteiger charge is -2.30. The Balaban J connectivity index is 2.22. The fourth-order valence-corrected chi connectivity index (χ4v) is 3.26. The number of fused-ring (bicyclic) bond motifs is 1. The highest BCUT2D eigenvalue weighted by atomic mass is 32.2. The van der Waals surface area contributed by atoms with Crippen molar-refractivity contribution in [3.8, 4) is 5.75 Å². The van der Waals surface area contributed by atoms with Gasteiger partial charge in [-0.25, -0.2) is 13.1 Å². The Hall–Kier alpha value is -1.64. The Morgan fingerprint density at radius 3 is 2.82 bits per heavy atom. The highest BCUT2D eigenvalue weighted by Crippen LogP contribution is 2.34. The molecule has 7 nitrogen and oxygen atoms in total. The molecule has 1 atom stereocenters. The van der Waals surface area contributed by atoms with Gasteiger partial charge in [0.05, 0.1) is 10.6 Å². The molecule has 1 aliphatic rings. The number of benzene rings is 1. The van der Waals surface area contributed by atoms with Crippen LogP contribution in [0.25, 0.3) is 0 Å². The van der Waals surface area contributed by atoms with E-state index in [-0.39, 0.29) is 17.3 Å². The molecule has 0 spiro atoms. The third kappa shape index (κ3) is 3.40. The van der Waals surface area contributed by atoms with Crippen LogP contribution in [0.15, 0.2) is 23.1 Å². The van der Waals surface area contributed by atoms with Gasteiger partial charge < -0.3 is 14.4 Å². The SMILES string of the molecule is COCCCNS(=O)(=O)c1ccc2c(c1)N(C)C(=O)C(C)O2. The molecule has 0 bridgehead atoms. The minimum absolute atomic E-state index is 0.0986. The maximum atomic E-state index is 12.2. The molecule has 0 radical (unpaired) electrons. The van der Waals surface area contributed by atoms with Gasteiger partial charge >= 0.3 is 0 Å². The van der Waals surface area contributed by atoms with Crippen LogP contribution in [0.1, 0.15) is 13.3 Å². The lowest BCUT2D eigenvalue weighted by Crippen LogP contribution is -2.42. The average molecular weight is 328 g/mol. The van der Waals surface area contributed by atoms with Crippen molar-refractivity contribution in [1.82, 2.24) is 4.72 Å². The summed E-state index contributed by atoms with van der Waals surface area (Å²) < 4.78 is 37.3. The van der Waals surface area contributed by atoms with Crippen LogP contribution < -0.4 is 14.4 Å². The molecule has 1 unspecified atom stereocenters. The summed E-state index contributed by atoms with van der Waals surface area (Å²) in [5.74, 6) is 0.281. The van der Waals surface area contributed by atoms with Gasteiger partial charge in [0, 0.05) is 27.3 Å². The summed E-state index contributed by atoms with van der Waals surface area (Å²) in [6.45, 7) is 2.43. The van der Waals surface area contributed by atoms with Crippen LogP contribution in [0.5, 0.6) is 5.75 Å². The zero-order valence-electron chi connectivity index (χ0n) is 12.8. The molecule has 1 amide bonds. The van der Waals surface area contributed by atoms with Crippen molar-refractivity contribution in [2.24, 2.45) is 0 Å². The van der Waals surface area contributed by atoms with E-state index in [0.717, 1.165) is 0 Å². The predicted molar refractivity (Wildman–Crippen MR) is 81.6 cm³/mol. The van der Waals surface area contributed by atoms with Crippen molar-refractivity contribution in [2.45, 2.75) is 24.3 Å². The molecule has 1 aromatic carbocycles. The van der Waals surface area contributed by atoms with E-state index in [9.17, 15) is 13.2 Å². The Kier molecular flexibility index (Phi) is 5.05. The van der Waals surface area contributed by atoms with E-state index in [2.05, 4.69) is 4.72 Å². The number of methoxy groups -OCH3 is 1. The van der Waals surface area contributed by atoms with Gasteiger partial charge in [0.1, 0.15) is 5.75 Å². The second kappa shape index (κ2) is 6.64. The molecule has 122 valence electrons. The van der Waals surface area contributed by atoms with Crippen molar-refractivity contribution < 1.29 is 22.7 Å². The Morgan fingerprint density at radius 2 is 2.14 bits per heavy atom. The number of likely N-dealkylation sites (N-methyl/N-ethyl adjacent to an activating group) is 1. The summed E-state index contributed by atoms with van der Waals surface area (Å²) in [6, 6.07) is 4.48. The van der Waals surface area contributed by atoms with Gasteiger partial charge in [0.2, 0.25) is 10.0 Å². The van der Waals surface area contributed by atoms with Crippen LogP contribution in [-0.2, 0) is 19.6 Å². The fraction of sp³-hybridized carbons (Fsp3) is 0.500. The van der Waals surface area contributed by atoms with Crippen molar-refractivity contribution in [3.05, 3.63) is 18.2 Å². The topological polar surface area (TPSA) is 84.9 Å². The van der Waals surface area contributed by atoms with E-state index in [1.165, 1.54) is 17.0 Å². The Bertz CT molecular complexity index is 659. The van der Waals surface area contributed by atoms with Crippen molar-refractivity contribution in [3.63, 3.8) is 0 Å². The number of anilines is 1. The molecule has 1 heterocycles. The number of nitrogens with one attached hydrogen (secondary N) is 1. The monoisotopic (exact) mass is 328 g/mol. The minimum Gasteiger partial charge on any atom is -0.479 e. The zero-order chi connectivity index (χ0) is 16.3. The standard InChI is InChI=1S/C14H20N2O5S/c1-10-14(17)16(2)12-9-11(5-6-13(12)21-10)22(18,19)15-7-4-8-20-3/h5-6,9-10,15H,4,7-8H2,1-3H3. The molecular weight excluding hydrogens is 308 g/mol. The van der Waals surface area contributed by atoms with Crippen LogP contribution in [0.4, 0.5) is 5.69 Å². The van der Waals surface area contributed by atoms with E-state index in [4.69, 9.17) is 9.47 Å². The highest BCUT2D eigenvalue weighted by molar-refractivity contribution is 7.89. The molecule has 22 heavy (non-hydrogen) atoms. The highest BCUT2D eigenvalue weighted by Gasteiger charge is 2.30. The smallest absolute Gasteiger partial charge is 0.267 e. The van der Waals surface area contributed by atoms with Gasteiger partial charge in [-0.1, -0.05) is 0 Å². The van der Waals surface area contributed by atoms with Crippen LogP contribution in [0, 0.1) is 0 Å². The van der Waals surface area contributed by atoms with Gasteiger partial charge in [-0.3, -0.25) is 4.79 Å². The Morgan fingerprint density at radius 1 is 1.41 bits per heavy atom. The molecule has 0 aromatic heterocycles. The maximum absolute atomic E-state index is 12.2. The van der Waals surface area contributed by atoms with Crippen molar-refractivity contribution >= 4 is 21.6 Å². The van der Waals surface area contributed by atoms with Gasteiger partial charge in [-0.15, -0.1) is 0 Å². The van der Waals surface area contributed by atoms with E-state index in [1.54, 1.807) is 27.1 Å². The molecule has 0 saturated heterocycles. The first kappa shape index (κ1) is 16.7. The first-order chi connectivity index (χ1) is 10.4. The lowest BCUT2D eigenvalue weighted by atomic mass is 10.2. The average Bonchev–Trinajstić information content (AvgIpc) is 2.49. The van der Waals surface area contributed by atoms with Crippen molar-refractivity contribution in [2.75, 3.05) is 32.2 Å². The largest absolute Gasteiger partial charge is 0.479 e. The summed E-state index contributed by atoms with van der Waals surface area (Å²) in [5, 5.41) is 0. The maximum Gasteiger partial charge on any atom is 0.267 e. The number of hydrogen-bond acceptors (Lipinski definition) is 5. The Labute approximate surface area is 130 Å². The van der Waals surface area contributed by atoms with Gasteiger partial charge in [0.25, 0.3) is 5.91 Å². The summed E-state index contributed by atoms with van der Waals surface area (Å²) >= 11 is 0. The fourth-order valence-electron chi connectivity index (χ4n) is 2.16. The van der Waals surface area contributed by atoms with E-state index < -0.39 is 16.1 Å². The third-order valence-corrected chi connectivity index (χ3v) is 4.86. The van der Waals surface area contributed by atoms with Crippen molar-refractivity contribution in [1.29, 1.82) is 0 Å². The molecule has 1 aliphatic heterocycles. The minimum atomic E-state index is -3.63. The summed E-state index contributed by atoms with van der Waals surface area (Å²) in [4.78, 5) is 13.4. The quantitative estimate of drug-likeness (QED) is 0.779. The first-order valence-corrected chi connectivity index (χ1v) is 8.42. The van der Waals surface area contributed by atoms with E-state index in [1.807, 2.05) is 0 Å². The first-order valence-electron chi connectivity index (χ1n) is 6.93. The number of carbonyl (C=O) groups is 1. The van der Waals surface area contributed by atoms with Gasteiger partial charge in [-0.05, 0) is 31.5 Å². The molecule has 0 aliphatic carbocycles. The van der Waals surface area contributed by atoms with Gasteiger partial charge in [-0.2, -0.15) is 0 Å². The molecule has 2 rings (SSSR count). The van der Waals surface area contributed by atoms with Crippen LogP contribution in [0.3, 0.4) is 0 Å². The van der Waals surface area contributed by atoms with Crippen LogP contribution in [-0.4, -0.2) is 47.7 Å². The number of sulfonamides is 1. The number of hydrogen-bond donors (Lipinski definition) is 1. The molecule has 1 N–H and O–H groups in total. The number of rotatable bonds is 6. The molecule has 1 aromatic rings.